The normalized spacial score (nSPS) is 18.1. The number of nitrogens with one attached hydrogen (secondary N) is 1. The van der Waals surface area contributed by atoms with Crippen LogP contribution in [0.5, 0.6) is 5.75 Å². The number of piperazine rings is 1. The van der Waals surface area contributed by atoms with Crippen molar-refractivity contribution >= 4 is 5.69 Å². The molecule has 1 heterocycles. The van der Waals surface area contributed by atoms with Gasteiger partial charge in [-0.05, 0) is 38.1 Å². The Hall–Kier alpha value is -1.22. The molecule has 1 aliphatic heterocycles. The average Bonchev–Trinajstić information content (AvgIpc) is 2.30. The molecule has 0 amide bonds. The molecule has 0 bridgehead atoms. The number of phenols is 1. The fourth-order valence-corrected chi connectivity index (χ4v) is 2.29. The van der Waals surface area contributed by atoms with E-state index in [2.05, 4.69) is 18.7 Å². The number of aromatic hydroxyl groups is 1. The van der Waals surface area contributed by atoms with Crippen LogP contribution in [0.25, 0.3) is 0 Å². The summed E-state index contributed by atoms with van der Waals surface area (Å²) >= 11 is 0. The first-order chi connectivity index (χ1) is 7.66. The molecule has 3 nitrogen and oxygen atoms in total. The van der Waals surface area contributed by atoms with Crippen molar-refractivity contribution in [2.24, 2.45) is 0 Å². The zero-order valence-electron chi connectivity index (χ0n) is 10.1. The zero-order chi connectivity index (χ0) is 11.5. The highest BCUT2D eigenvalue weighted by atomic mass is 16.3. The summed E-state index contributed by atoms with van der Waals surface area (Å²) in [6.07, 6.45) is 0. The lowest BCUT2D eigenvalue weighted by atomic mass is 10.2. The highest BCUT2D eigenvalue weighted by Gasteiger charge is 2.21. The minimum atomic E-state index is 0.343. The number of hydrogen-bond donors (Lipinski definition) is 2. The molecule has 1 aromatic carbocycles. The van der Waals surface area contributed by atoms with Gasteiger partial charge in [0.25, 0.3) is 0 Å². The van der Waals surface area contributed by atoms with Crippen LogP contribution in [0.2, 0.25) is 0 Å². The van der Waals surface area contributed by atoms with Crippen molar-refractivity contribution in [1.82, 2.24) is 0 Å². The van der Waals surface area contributed by atoms with Crippen molar-refractivity contribution < 1.29 is 10.0 Å². The van der Waals surface area contributed by atoms with E-state index in [1.807, 2.05) is 12.1 Å². The molecule has 0 saturated carbocycles. The molecule has 0 radical (unpaired) electrons. The number of benzene rings is 1. The van der Waals surface area contributed by atoms with Crippen molar-refractivity contribution in [3.8, 4) is 5.75 Å². The summed E-state index contributed by atoms with van der Waals surface area (Å²) in [6, 6.07) is 8.24. The second kappa shape index (κ2) is 4.74. The molecule has 0 aromatic heterocycles. The van der Waals surface area contributed by atoms with Crippen molar-refractivity contribution in [1.29, 1.82) is 0 Å². The van der Waals surface area contributed by atoms with Gasteiger partial charge in [0.2, 0.25) is 0 Å². The quantitative estimate of drug-likeness (QED) is 0.761. The predicted molar refractivity (Wildman–Crippen MR) is 66.2 cm³/mol. The molecular formula is C13H21N2O+. The molecule has 1 fully saturated rings. The predicted octanol–water partition coefficient (Wildman–Crippen LogP) is 0.506. The first-order valence-electron chi connectivity index (χ1n) is 6.05. The zero-order valence-corrected chi connectivity index (χ0v) is 10.1. The average molecular weight is 221 g/mol. The van der Waals surface area contributed by atoms with E-state index in [9.17, 15) is 5.11 Å². The van der Waals surface area contributed by atoms with Crippen LogP contribution in [0.3, 0.4) is 0 Å². The SMILES string of the molecule is CC(C)[NH+]1CCN(c2ccc(O)cc2)CC1. The van der Waals surface area contributed by atoms with E-state index in [0.717, 1.165) is 19.1 Å². The van der Waals surface area contributed by atoms with Gasteiger partial charge < -0.3 is 14.9 Å². The summed E-state index contributed by atoms with van der Waals surface area (Å²) in [5.41, 5.74) is 1.22. The number of hydrogen-bond acceptors (Lipinski definition) is 2. The highest BCUT2D eigenvalue weighted by Crippen LogP contribution is 2.18. The first kappa shape index (κ1) is 11.3. The fourth-order valence-electron chi connectivity index (χ4n) is 2.29. The molecule has 1 aromatic rings. The van der Waals surface area contributed by atoms with E-state index in [-0.39, 0.29) is 0 Å². The second-order valence-electron chi connectivity index (χ2n) is 4.82. The number of anilines is 1. The summed E-state index contributed by atoms with van der Waals surface area (Å²) in [4.78, 5) is 4.08. The van der Waals surface area contributed by atoms with Gasteiger partial charge in [0.15, 0.2) is 0 Å². The van der Waals surface area contributed by atoms with Gasteiger partial charge in [-0.2, -0.15) is 0 Å². The molecule has 2 rings (SSSR count). The standard InChI is InChI=1S/C13H20N2O/c1-11(2)14-7-9-15(10-8-14)12-3-5-13(16)6-4-12/h3-6,11,16H,7-10H2,1-2H3/p+1. The lowest BCUT2D eigenvalue weighted by Gasteiger charge is -2.35. The van der Waals surface area contributed by atoms with Gasteiger partial charge in [0.05, 0.1) is 32.2 Å². The molecule has 2 N–H and O–H groups in total. The smallest absolute Gasteiger partial charge is 0.115 e. The van der Waals surface area contributed by atoms with E-state index in [0.29, 0.717) is 5.75 Å². The molecule has 3 heteroatoms. The third kappa shape index (κ3) is 2.47. The Labute approximate surface area is 97.3 Å². The Morgan fingerprint density at radius 3 is 2.19 bits per heavy atom. The van der Waals surface area contributed by atoms with Crippen LogP contribution in [-0.2, 0) is 0 Å². The van der Waals surface area contributed by atoms with Crippen molar-refractivity contribution in [2.75, 3.05) is 31.1 Å². The van der Waals surface area contributed by atoms with E-state index in [1.54, 1.807) is 17.0 Å². The van der Waals surface area contributed by atoms with Gasteiger partial charge >= 0.3 is 0 Å². The van der Waals surface area contributed by atoms with Crippen molar-refractivity contribution in [3.63, 3.8) is 0 Å². The molecule has 0 aliphatic carbocycles. The van der Waals surface area contributed by atoms with Crippen LogP contribution in [-0.4, -0.2) is 37.3 Å². The number of rotatable bonds is 2. The fraction of sp³-hybridized carbons (Fsp3) is 0.538. The maximum atomic E-state index is 9.25. The Morgan fingerprint density at radius 2 is 1.69 bits per heavy atom. The van der Waals surface area contributed by atoms with Gasteiger partial charge in [-0.25, -0.2) is 0 Å². The van der Waals surface area contributed by atoms with Gasteiger partial charge in [-0.1, -0.05) is 0 Å². The van der Waals surface area contributed by atoms with Crippen LogP contribution in [0.1, 0.15) is 13.8 Å². The van der Waals surface area contributed by atoms with Crippen LogP contribution < -0.4 is 9.80 Å². The summed E-state index contributed by atoms with van der Waals surface area (Å²) in [7, 11) is 0. The lowest BCUT2D eigenvalue weighted by Crippen LogP contribution is -3.17. The molecular weight excluding hydrogens is 200 g/mol. The highest BCUT2D eigenvalue weighted by molar-refractivity contribution is 5.48. The first-order valence-corrected chi connectivity index (χ1v) is 6.05. The summed E-state index contributed by atoms with van der Waals surface area (Å²) in [6.45, 7) is 9.20. The van der Waals surface area contributed by atoms with E-state index in [4.69, 9.17) is 0 Å². The van der Waals surface area contributed by atoms with Gasteiger partial charge in [0, 0.05) is 5.69 Å². The summed E-state index contributed by atoms with van der Waals surface area (Å²) in [5.74, 6) is 0.343. The third-order valence-electron chi connectivity index (χ3n) is 3.44. The monoisotopic (exact) mass is 221 g/mol. The van der Waals surface area contributed by atoms with Crippen LogP contribution in [0.4, 0.5) is 5.69 Å². The second-order valence-corrected chi connectivity index (χ2v) is 4.82. The Balaban J connectivity index is 1.96. The van der Waals surface area contributed by atoms with Crippen LogP contribution in [0.15, 0.2) is 24.3 Å². The molecule has 16 heavy (non-hydrogen) atoms. The topological polar surface area (TPSA) is 27.9 Å². The summed E-state index contributed by atoms with van der Waals surface area (Å²) in [5, 5.41) is 9.25. The Morgan fingerprint density at radius 1 is 1.12 bits per heavy atom. The third-order valence-corrected chi connectivity index (χ3v) is 3.44. The van der Waals surface area contributed by atoms with E-state index >= 15 is 0 Å². The molecule has 1 aliphatic rings. The molecule has 0 spiro atoms. The van der Waals surface area contributed by atoms with E-state index in [1.165, 1.54) is 18.8 Å². The molecule has 1 saturated heterocycles. The minimum absolute atomic E-state index is 0.343. The van der Waals surface area contributed by atoms with Crippen molar-refractivity contribution in [3.05, 3.63) is 24.3 Å². The number of quaternary nitrogens is 1. The minimum Gasteiger partial charge on any atom is -0.508 e. The summed E-state index contributed by atoms with van der Waals surface area (Å²) < 4.78 is 0. The molecule has 0 unspecified atom stereocenters. The maximum Gasteiger partial charge on any atom is 0.115 e. The van der Waals surface area contributed by atoms with Crippen LogP contribution >= 0.6 is 0 Å². The van der Waals surface area contributed by atoms with Crippen LogP contribution in [0, 0.1) is 0 Å². The van der Waals surface area contributed by atoms with Gasteiger partial charge in [0.1, 0.15) is 5.75 Å². The number of nitrogens with zero attached hydrogens (tertiary/aromatic N) is 1. The lowest BCUT2D eigenvalue weighted by molar-refractivity contribution is -0.921. The van der Waals surface area contributed by atoms with Crippen molar-refractivity contribution in [2.45, 2.75) is 19.9 Å². The maximum absolute atomic E-state index is 9.25. The molecule has 0 atom stereocenters. The Bertz CT molecular complexity index is 326. The Kier molecular flexibility index (Phi) is 3.34. The van der Waals surface area contributed by atoms with Gasteiger partial charge in [-0.15, -0.1) is 0 Å². The van der Waals surface area contributed by atoms with Gasteiger partial charge in [-0.3, -0.25) is 0 Å². The molecule has 88 valence electrons. The number of phenolic OH excluding ortho intramolecular Hbond substituents is 1. The largest absolute Gasteiger partial charge is 0.508 e. The van der Waals surface area contributed by atoms with E-state index < -0.39 is 0 Å².